The van der Waals surface area contributed by atoms with Crippen LogP contribution in [0.2, 0.25) is 0 Å². The Morgan fingerprint density at radius 3 is 2.71 bits per heavy atom. The molecule has 0 radical (unpaired) electrons. The molecule has 1 aromatic heterocycles. The number of halogens is 1. The van der Waals surface area contributed by atoms with Gasteiger partial charge in [-0.05, 0) is 23.6 Å². The highest BCUT2D eigenvalue weighted by molar-refractivity contribution is 8.13. The second-order valence-corrected chi connectivity index (χ2v) is 7.00. The molecule has 2 aromatic rings. The molecule has 1 heterocycles. The van der Waals surface area contributed by atoms with Crippen LogP contribution in [0.25, 0.3) is 11.0 Å². The first-order chi connectivity index (χ1) is 7.87. The highest BCUT2D eigenvalue weighted by Gasteiger charge is 2.16. The Hall–Kier alpha value is -1.07. The lowest BCUT2D eigenvalue weighted by Crippen LogP contribution is -1.96. The fourth-order valence-corrected chi connectivity index (χ4v) is 2.48. The van der Waals surface area contributed by atoms with Crippen LogP contribution in [-0.2, 0) is 14.8 Å². The van der Waals surface area contributed by atoms with Gasteiger partial charge in [-0.3, -0.25) is 0 Å². The van der Waals surface area contributed by atoms with Gasteiger partial charge in [-0.15, -0.1) is 0 Å². The largest absolute Gasteiger partial charge is 0.356 e. The molecule has 0 amide bonds. The van der Waals surface area contributed by atoms with E-state index in [1.807, 2.05) is 12.1 Å². The van der Waals surface area contributed by atoms with Gasteiger partial charge in [0.25, 0.3) is 0 Å². The first kappa shape index (κ1) is 12.4. The highest BCUT2D eigenvalue weighted by Crippen LogP contribution is 2.25. The predicted molar refractivity (Wildman–Crippen MR) is 66.6 cm³/mol. The fourth-order valence-electron chi connectivity index (χ4n) is 1.63. The van der Waals surface area contributed by atoms with Crippen LogP contribution in [0.3, 0.4) is 0 Å². The van der Waals surface area contributed by atoms with Gasteiger partial charge in [-0.2, -0.15) is 0 Å². The van der Waals surface area contributed by atoms with Crippen molar-refractivity contribution in [1.82, 2.24) is 5.16 Å². The summed E-state index contributed by atoms with van der Waals surface area (Å²) in [6.07, 6.45) is 0. The van der Waals surface area contributed by atoms with E-state index in [0.717, 1.165) is 5.56 Å². The van der Waals surface area contributed by atoms with Crippen LogP contribution >= 0.6 is 10.7 Å². The molecule has 0 bridgehead atoms. The number of rotatable bonds is 3. The molecule has 0 saturated heterocycles. The molecular formula is C11H12ClNO3S. The monoisotopic (exact) mass is 273 g/mol. The molecule has 1 aromatic carbocycles. The molecule has 0 aliphatic carbocycles. The summed E-state index contributed by atoms with van der Waals surface area (Å²) in [6, 6.07) is 5.63. The Morgan fingerprint density at radius 2 is 2.12 bits per heavy atom. The van der Waals surface area contributed by atoms with E-state index in [0.29, 0.717) is 22.6 Å². The van der Waals surface area contributed by atoms with E-state index in [1.165, 1.54) is 0 Å². The molecule has 0 saturated carbocycles. The van der Waals surface area contributed by atoms with E-state index < -0.39 is 9.05 Å². The molecule has 92 valence electrons. The molecule has 0 atom stereocenters. The summed E-state index contributed by atoms with van der Waals surface area (Å²) in [4.78, 5) is 0. The van der Waals surface area contributed by atoms with E-state index in [1.54, 1.807) is 6.07 Å². The van der Waals surface area contributed by atoms with Gasteiger partial charge in [-0.25, -0.2) is 8.42 Å². The number of aromatic nitrogens is 1. The quantitative estimate of drug-likeness (QED) is 0.807. The number of hydrogen-bond donors (Lipinski definition) is 0. The van der Waals surface area contributed by atoms with E-state index in [4.69, 9.17) is 15.2 Å². The van der Waals surface area contributed by atoms with Gasteiger partial charge in [0, 0.05) is 16.1 Å². The summed E-state index contributed by atoms with van der Waals surface area (Å²) in [7, 11) is 1.60. The highest BCUT2D eigenvalue weighted by atomic mass is 35.7. The van der Waals surface area contributed by atoms with E-state index in [2.05, 4.69) is 19.0 Å². The van der Waals surface area contributed by atoms with Crippen molar-refractivity contribution >= 4 is 30.7 Å². The van der Waals surface area contributed by atoms with Crippen LogP contribution in [-0.4, -0.2) is 13.6 Å². The standard InChI is InChI=1S/C11H12ClNO3S/c1-7(2)8-3-4-11-9(5-8)10(13-16-11)6-17(12,14)15/h3-5,7H,6H2,1-2H3. The maximum Gasteiger partial charge on any atom is 0.238 e. The maximum absolute atomic E-state index is 11.0. The van der Waals surface area contributed by atoms with Crippen LogP contribution in [0.5, 0.6) is 0 Å². The zero-order valence-electron chi connectivity index (χ0n) is 9.47. The van der Waals surface area contributed by atoms with Crippen LogP contribution in [0.15, 0.2) is 22.7 Å². The molecule has 0 spiro atoms. The van der Waals surface area contributed by atoms with Crippen molar-refractivity contribution in [2.24, 2.45) is 0 Å². The van der Waals surface area contributed by atoms with Gasteiger partial charge in [-0.1, -0.05) is 25.1 Å². The van der Waals surface area contributed by atoms with Crippen molar-refractivity contribution in [3.63, 3.8) is 0 Å². The van der Waals surface area contributed by atoms with Crippen molar-refractivity contribution < 1.29 is 12.9 Å². The summed E-state index contributed by atoms with van der Waals surface area (Å²) >= 11 is 0. The second kappa shape index (κ2) is 4.31. The zero-order valence-corrected chi connectivity index (χ0v) is 11.0. The topological polar surface area (TPSA) is 60.2 Å². The lowest BCUT2D eigenvalue weighted by molar-refractivity contribution is 0.449. The molecule has 0 aliphatic heterocycles. The SMILES string of the molecule is CC(C)c1ccc2onc(CS(=O)(=O)Cl)c2c1. The van der Waals surface area contributed by atoms with E-state index in [9.17, 15) is 8.42 Å². The number of fused-ring (bicyclic) bond motifs is 1. The van der Waals surface area contributed by atoms with Gasteiger partial charge in [0.1, 0.15) is 11.4 Å². The normalized spacial score (nSPS) is 12.5. The summed E-state index contributed by atoms with van der Waals surface area (Å²) < 4.78 is 27.1. The summed E-state index contributed by atoms with van der Waals surface area (Å²) in [5.41, 5.74) is 2.04. The van der Waals surface area contributed by atoms with Gasteiger partial charge in [0.05, 0.1) is 0 Å². The van der Waals surface area contributed by atoms with Crippen molar-refractivity contribution in [1.29, 1.82) is 0 Å². The maximum atomic E-state index is 11.0. The van der Waals surface area contributed by atoms with Crippen LogP contribution in [0, 0.1) is 0 Å². The Bertz CT molecular complexity index is 646. The Balaban J connectivity index is 2.54. The minimum absolute atomic E-state index is 0.316. The molecule has 0 N–H and O–H groups in total. The van der Waals surface area contributed by atoms with Crippen LogP contribution in [0.1, 0.15) is 31.0 Å². The lowest BCUT2D eigenvalue weighted by atomic mass is 10.0. The third kappa shape index (κ3) is 2.79. The molecule has 2 rings (SSSR count). The van der Waals surface area contributed by atoms with Gasteiger partial charge >= 0.3 is 0 Å². The summed E-state index contributed by atoms with van der Waals surface area (Å²) in [5, 5.41) is 4.45. The Morgan fingerprint density at radius 1 is 1.41 bits per heavy atom. The zero-order chi connectivity index (χ0) is 12.6. The second-order valence-electron chi connectivity index (χ2n) is 4.22. The molecule has 6 heteroatoms. The smallest absolute Gasteiger partial charge is 0.238 e. The number of hydrogen-bond acceptors (Lipinski definition) is 4. The molecule has 17 heavy (non-hydrogen) atoms. The lowest BCUT2D eigenvalue weighted by Gasteiger charge is -2.04. The number of nitrogens with zero attached hydrogens (tertiary/aromatic N) is 1. The molecule has 4 nitrogen and oxygen atoms in total. The Labute approximate surface area is 104 Å². The van der Waals surface area contributed by atoms with Crippen molar-refractivity contribution in [2.45, 2.75) is 25.5 Å². The van der Waals surface area contributed by atoms with Crippen molar-refractivity contribution in [3.8, 4) is 0 Å². The first-order valence-corrected chi connectivity index (χ1v) is 7.65. The Kier molecular flexibility index (Phi) is 3.14. The third-order valence-corrected chi connectivity index (χ3v) is 3.49. The van der Waals surface area contributed by atoms with Gasteiger partial charge < -0.3 is 4.52 Å². The summed E-state index contributed by atoms with van der Waals surface area (Å²) in [5.74, 6) is 0.0399. The van der Waals surface area contributed by atoms with Crippen molar-refractivity contribution in [3.05, 3.63) is 29.5 Å². The minimum atomic E-state index is -3.62. The average Bonchev–Trinajstić information content (AvgIpc) is 2.58. The summed E-state index contributed by atoms with van der Waals surface area (Å²) in [6.45, 7) is 4.12. The molecular weight excluding hydrogens is 262 g/mol. The molecule has 0 unspecified atom stereocenters. The number of benzene rings is 1. The first-order valence-electron chi connectivity index (χ1n) is 5.17. The minimum Gasteiger partial charge on any atom is -0.356 e. The van der Waals surface area contributed by atoms with Crippen LogP contribution in [0.4, 0.5) is 0 Å². The van der Waals surface area contributed by atoms with Crippen molar-refractivity contribution in [2.75, 3.05) is 0 Å². The van der Waals surface area contributed by atoms with Gasteiger partial charge in [0.15, 0.2) is 5.58 Å². The van der Waals surface area contributed by atoms with Crippen LogP contribution < -0.4 is 0 Å². The molecule has 0 fully saturated rings. The van der Waals surface area contributed by atoms with E-state index in [-0.39, 0.29) is 5.75 Å². The average molecular weight is 274 g/mol. The van der Waals surface area contributed by atoms with E-state index >= 15 is 0 Å². The molecule has 0 aliphatic rings. The third-order valence-electron chi connectivity index (χ3n) is 2.54. The predicted octanol–water partition coefficient (Wildman–Crippen LogP) is 3.02. The van der Waals surface area contributed by atoms with Gasteiger partial charge in [0.2, 0.25) is 9.05 Å². The fraction of sp³-hybridized carbons (Fsp3) is 0.364.